The molecule has 0 bridgehead atoms. The Morgan fingerprint density at radius 1 is 0.967 bits per heavy atom. The van der Waals surface area contributed by atoms with E-state index < -0.39 is 0 Å². The van der Waals surface area contributed by atoms with Crippen molar-refractivity contribution in [1.82, 2.24) is 24.1 Å². The number of benzene rings is 1. The largest absolute Gasteiger partial charge is 0.336 e. The van der Waals surface area contributed by atoms with E-state index >= 15 is 0 Å². The molecule has 0 aliphatic heterocycles. The molecule has 0 aliphatic carbocycles. The number of halogens is 1. The molecule has 1 N–H and O–H groups in total. The Kier molecular flexibility index (Phi) is 5.81. The molecule has 0 atom stereocenters. The Bertz CT molecular complexity index is 1270. The Labute approximate surface area is 178 Å². The van der Waals surface area contributed by atoms with Gasteiger partial charge >= 0.3 is 5.69 Å². The number of aryl methyl sites for hydroxylation is 2. The van der Waals surface area contributed by atoms with Gasteiger partial charge in [0.1, 0.15) is 11.3 Å². The van der Waals surface area contributed by atoms with Crippen LogP contribution in [-0.2, 0) is 25.9 Å². The van der Waals surface area contributed by atoms with Crippen LogP contribution < -0.4 is 11.2 Å². The van der Waals surface area contributed by atoms with Crippen molar-refractivity contribution >= 4 is 22.8 Å². The SMILES string of the molecule is CCCn1c(=O)c2[nH]c(Cc3ccncc3)nc2n(CCc2ccc(Cl)cc2)c1=O. The summed E-state index contributed by atoms with van der Waals surface area (Å²) < 4.78 is 2.88. The molecule has 4 rings (SSSR count). The quantitative estimate of drug-likeness (QED) is 0.494. The molecule has 154 valence electrons. The molecule has 0 fully saturated rings. The number of aromatic nitrogens is 5. The number of pyridine rings is 1. The molecular formula is C22H22ClN5O2. The van der Waals surface area contributed by atoms with E-state index in [0.29, 0.717) is 54.4 Å². The van der Waals surface area contributed by atoms with Gasteiger partial charge in [-0.05, 0) is 48.2 Å². The fourth-order valence-electron chi connectivity index (χ4n) is 3.51. The average Bonchev–Trinajstić information content (AvgIpc) is 3.17. The van der Waals surface area contributed by atoms with Crippen LogP contribution in [0.2, 0.25) is 5.02 Å². The number of hydrogen-bond acceptors (Lipinski definition) is 4. The minimum Gasteiger partial charge on any atom is -0.336 e. The Hall–Kier alpha value is -3.19. The minimum absolute atomic E-state index is 0.326. The third kappa shape index (κ3) is 4.07. The van der Waals surface area contributed by atoms with Crippen LogP contribution in [0.5, 0.6) is 0 Å². The number of hydrogen-bond donors (Lipinski definition) is 1. The van der Waals surface area contributed by atoms with Gasteiger partial charge < -0.3 is 4.98 Å². The van der Waals surface area contributed by atoms with Crippen molar-refractivity contribution in [2.24, 2.45) is 0 Å². The fraction of sp³-hybridized carbons (Fsp3) is 0.273. The van der Waals surface area contributed by atoms with E-state index in [2.05, 4.69) is 15.0 Å². The van der Waals surface area contributed by atoms with Gasteiger partial charge in [0.05, 0.1) is 0 Å². The van der Waals surface area contributed by atoms with Gasteiger partial charge in [-0.2, -0.15) is 0 Å². The van der Waals surface area contributed by atoms with E-state index in [9.17, 15) is 9.59 Å². The molecule has 7 nitrogen and oxygen atoms in total. The van der Waals surface area contributed by atoms with Crippen molar-refractivity contribution < 1.29 is 0 Å². The molecule has 0 saturated carbocycles. The molecule has 3 aromatic heterocycles. The minimum atomic E-state index is -0.328. The molecular weight excluding hydrogens is 402 g/mol. The van der Waals surface area contributed by atoms with Crippen LogP contribution in [0.4, 0.5) is 0 Å². The maximum Gasteiger partial charge on any atom is 0.332 e. The van der Waals surface area contributed by atoms with Gasteiger partial charge in [-0.3, -0.25) is 18.9 Å². The van der Waals surface area contributed by atoms with E-state index in [-0.39, 0.29) is 11.2 Å². The number of rotatable bonds is 7. The highest BCUT2D eigenvalue weighted by atomic mass is 35.5. The molecule has 0 spiro atoms. The zero-order valence-corrected chi connectivity index (χ0v) is 17.4. The van der Waals surface area contributed by atoms with Crippen molar-refractivity contribution in [3.05, 3.63) is 91.6 Å². The summed E-state index contributed by atoms with van der Waals surface area (Å²) in [5.41, 5.74) is 2.19. The number of fused-ring (bicyclic) bond motifs is 1. The van der Waals surface area contributed by atoms with Gasteiger partial charge in [0.2, 0.25) is 0 Å². The Morgan fingerprint density at radius 3 is 2.40 bits per heavy atom. The van der Waals surface area contributed by atoms with Crippen molar-refractivity contribution in [3.63, 3.8) is 0 Å². The first-order chi connectivity index (χ1) is 14.6. The normalized spacial score (nSPS) is 11.3. The molecule has 0 saturated heterocycles. The van der Waals surface area contributed by atoms with E-state index in [4.69, 9.17) is 11.6 Å². The summed E-state index contributed by atoms with van der Waals surface area (Å²) in [7, 11) is 0. The van der Waals surface area contributed by atoms with E-state index in [1.807, 2.05) is 43.3 Å². The lowest BCUT2D eigenvalue weighted by Crippen LogP contribution is -2.40. The monoisotopic (exact) mass is 423 g/mol. The maximum absolute atomic E-state index is 13.1. The Morgan fingerprint density at radius 2 is 1.70 bits per heavy atom. The predicted octanol–water partition coefficient (Wildman–Crippen LogP) is 3.18. The first kappa shape index (κ1) is 20.1. The summed E-state index contributed by atoms with van der Waals surface area (Å²) >= 11 is 5.96. The van der Waals surface area contributed by atoms with Crippen LogP contribution in [0.15, 0.2) is 58.4 Å². The molecule has 0 amide bonds. The summed E-state index contributed by atoms with van der Waals surface area (Å²) in [5.74, 6) is 0.641. The molecule has 4 aromatic rings. The number of nitrogens with zero attached hydrogens (tertiary/aromatic N) is 4. The molecule has 0 unspecified atom stereocenters. The number of H-pyrrole nitrogens is 1. The third-order valence-electron chi connectivity index (χ3n) is 5.02. The van der Waals surface area contributed by atoms with Gasteiger partial charge in [-0.1, -0.05) is 30.7 Å². The Balaban J connectivity index is 1.76. The van der Waals surface area contributed by atoms with Crippen LogP contribution in [0.25, 0.3) is 11.2 Å². The number of nitrogens with one attached hydrogen (secondary N) is 1. The molecule has 3 heterocycles. The summed E-state index contributed by atoms with van der Waals surface area (Å²) in [6.45, 7) is 2.73. The highest BCUT2D eigenvalue weighted by Crippen LogP contribution is 2.13. The summed E-state index contributed by atoms with van der Waals surface area (Å²) in [4.78, 5) is 37.8. The van der Waals surface area contributed by atoms with Crippen molar-refractivity contribution in [2.75, 3.05) is 0 Å². The van der Waals surface area contributed by atoms with E-state index in [1.54, 1.807) is 17.0 Å². The van der Waals surface area contributed by atoms with Gasteiger partial charge in [-0.25, -0.2) is 9.78 Å². The summed E-state index contributed by atoms with van der Waals surface area (Å²) in [6.07, 6.45) is 5.28. The van der Waals surface area contributed by atoms with Crippen LogP contribution in [-0.4, -0.2) is 24.1 Å². The van der Waals surface area contributed by atoms with Gasteiger partial charge in [0.15, 0.2) is 5.65 Å². The molecule has 1 aromatic carbocycles. The van der Waals surface area contributed by atoms with Crippen molar-refractivity contribution in [1.29, 1.82) is 0 Å². The first-order valence-electron chi connectivity index (χ1n) is 9.92. The number of imidazole rings is 1. The van der Waals surface area contributed by atoms with Crippen LogP contribution in [0.3, 0.4) is 0 Å². The zero-order valence-electron chi connectivity index (χ0n) is 16.6. The highest BCUT2D eigenvalue weighted by molar-refractivity contribution is 6.30. The third-order valence-corrected chi connectivity index (χ3v) is 5.27. The summed E-state index contributed by atoms with van der Waals surface area (Å²) in [5, 5.41) is 0.669. The van der Waals surface area contributed by atoms with Crippen LogP contribution in [0, 0.1) is 0 Å². The van der Waals surface area contributed by atoms with E-state index in [1.165, 1.54) is 4.57 Å². The molecule has 8 heteroatoms. The number of aromatic amines is 1. The lowest BCUT2D eigenvalue weighted by molar-refractivity contribution is 0.559. The second kappa shape index (κ2) is 8.67. The van der Waals surface area contributed by atoms with Crippen molar-refractivity contribution in [3.8, 4) is 0 Å². The van der Waals surface area contributed by atoms with Gasteiger partial charge in [-0.15, -0.1) is 0 Å². The van der Waals surface area contributed by atoms with Gasteiger partial charge in [0, 0.05) is 36.9 Å². The average molecular weight is 424 g/mol. The molecule has 0 aliphatic rings. The van der Waals surface area contributed by atoms with Crippen molar-refractivity contribution in [2.45, 2.75) is 39.3 Å². The van der Waals surface area contributed by atoms with E-state index in [0.717, 1.165) is 11.1 Å². The second-order valence-electron chi connectivity index (χ2n) is 7.18. The zero-order chi connectivity index (χ0) is 21.1. The lowest BCUT2D eigenvalue weighted by atomic mass is 10.1. The standard InChI is InChI=1S/C22H22ClN5O2/c1-2-12-28-21(29)19-20(26-18(25-19)14-16-7-10-24-11-8-16)27(22(28)30)13-9-15-3-5-17(23)6-4-15/h3-8,10-11H,2,9,12-14H2,1H3,(H,25,26). The second-order valence-corrected chi connectivity index (χ2v) is 7.62. The van der Waals surface area contributed by atoms with Crippen LogP contribution >= 0.6 is 11.6 Å². The first-order valence-corrected chi connectivity index (χ1v) is 10.3. The maximum atomic E-state index is 13.1. The smallest absolute Gasteiger partial charge is 0.332 e. The topological polar surface area (TPSA) is 85.6 Å². The molecule has 0 radical (unpaired) electrons. The predicted molar refractivity (Wildman–Crippen MR) is 117 cm³/mol. The highest BCUT2D eigenvalue weighted by Gasteiger charge is 2.17. The van der Waals surface area contributed by atoms with Crippen LogP contribution in [0.1, 0.15) is 30.3 Å². The summed E-state index contributed by atoms with van der Waals surface area (Å²) in [6, 6.07) is 11.3. The molecule has 30 heavy (non-hydrogen) atoms. The van der Waals surface area contributed by atoms with Gasteiger partial charge in [0.25, 0.3) is 5.56 Å². The lowest BCUT2D eigenvalue weighted by Gasteiger charge is -2.10. The fourth-order valence-corrected chi connectivity index (χ4v) is 3.63.